The molecule has 0 aliphatic carbocycles. The molecule has 3 rings (SSSR count). The van der Waals surface area contributed by atoms with Crippen LogP contribution in [0, 0.1) is 6.92 Å². The van der Waals surface area contributed by atoms with Crippen molar-refractivity contribution in [3.8, 4) is 0 Å². The summed E-state index contributed by atoms with van der Waals surface area (Å²) >= 11 is 0. The van der Waals surface area contributed by atoms with E-state index in [1.807, 2.05) is 31.2 Å². The van der Waals surface area contributed by atoms with Crippen molar-refractivity contribution in [3.63, 3.8) is 0 Å². The van der Waals surface area contributed by atoms with E-state index in [-0.39, 0.29) is 23.7 Å². The van der Waals surface area contributed by atoms with Crippen molar-refractivity contribution in [1.29, 1.82) is 0 Å². The number of aromatic carboxylic acids is 1. The molecule has 1 aromatic carbocycles. The molecule has 2 atom stereocenters. The van der Waals surface area contributed by atoms with Crippen LogP contribution in [0.25, 0.3) is 0 Å². The molecule has 0 saturated carbocycles. The smallest absolute Gasteiger partial charge is 0.354 e. The molecule has 0 bridgehead atoms. The number of aryl methyl sites for hydroxylation is 1. The lowest BCUT2D eigenvalue weighted by Gasteiger charge is -2.32. The summed E-state index contributed by atoms with van der Waals surface area (Å²) in [6.45, 7) is 2.69. The highest BCUT2D eigenvalue weighted by atomic mass is 16.5. The zero-order valence-corrected chi connectivity index (χ0v) is 13.9. The highest BCUT2D eigenvalue weighted by Crippen LogP contribution is 2.28. The third-order valence-electron chi connectivity index (χ3n) is 4.29. The van der Waals surface area contributed by atoms with Gasteiger partial charge in [0.15, 0.2) is 0 Å². The quantitative estimate of drug-likeness (QED) is 0.893. The van der Waals surface area contributed by atoms with Crippen molar-refractivity contribution in [2.45, 2.75) is 31.9 Å². The third-order valence-corrected chi connectivity index (χ3v) is 4.29. The van der Waals surface area contributed by atoms with Crippen LogP contribution >= 0.6 is 0 Å². The lowest BCUT2D eigenvalue weighted by Crippen LogP contribution is -2.42. The fraction of sp³-hybridized carbons (Fsp3) is 0.316. The molecule has 0 unspecified atom stereocenters. The van der Waals surface area contributed by atoms with E-state index in [0.29, 0.717) is 12.2 Å². The van der Waals surface area contributed by atoms with E-state index in [4.69, 9.17) is 9.84 Å². The number of carboxylic acid groups (broad SMARTS) is 1. The van der Waals surface area contributed by atoms with Gasteiger partial charge in [0.25, 0.3) is 5.91 Å². The first-order valence-corrected chi connectivity index (χ1v) is 8.23. The van der Waals surface area contributed by atoms with Gasteiger partial charge in [0.05, 0.1) is 11.6 Å². The van der Waals surface area contributed by atoms with Crippen LogP contribution < -0.4 is 5.32 Å². The van der Waals surface area contributed by atoms with E-state index in [0.717, 1.165) is 18.4 Å². The van der Waals surface area contributed by atoms with E-state index < -0.39 is 5.97 Å². The minimum absolute atomic E-state index is 0.0879. The Labute approximate surface area is 145 Å². The van der Waals surface area contributed by atoms with E-state index in [2.05, 4.69) is 10.3 Å². The number of amides is 1. The second kappa shape index (κ2) is 7.44. The molecule has 1 fully saturated rings. The monoisotopic (exact) mass is 340 g/mol. The topological polar surface area (TPSA) is 88.5 Å². The van der Waals surface area contributed by atoms with Crippen LogP contribution in [0.15, 0.2) is 42.6 Å². The maximum absolute atomic E-state index is 12.5. The molecule has 1 saturated heterocycles. The Hall–Kier alpha value is -2.73. The molecular weight excluding hydrogens is 320 g/mol. The molecule has 2 heterocycles. The molecule has 6 nitrogen and oxygen atoms in total. The number of pyridine rings is 1. The third kappa shape index (κ3) is 4.03. The summed E-state index contributed by atoms with van der Waals surface area (Å²) in [6, 6.07) is 10.8. The molecular formula is C19H20N2O4. The van der Waals surface area contributed by atoms with Gasteiger partial charge in [-0.15, -0.1) is 0 Å². The van der Waals surface area contributed by atoms with E-state index in [9.17, 15) is 9.59 Å². The molecule has 1 amide bonds. The van der Waals surface area contributed by atoms with Gasteiger partial charge in [-0.1, -0.05) is 29.8 Å². The lowest BCUT2D eigenvalue weighted by atomic mass is 9.95. The summed E-state index contributed by atoms with van der Waals surface area (Å²) in [4.78, 5) is 27.1. The zero-order chi connectivity index (χ0) is 17.8. The van der Waals surface area contributed by atoms with Gasteiger partial charge in [0.2, 0.25) is 0 Å². The highest BCUT2D eigenvalue weighted by molar-refractivity contribution is 5.95. The zero-order valence-electron chi connectivity index (χ0n) is 13.9. The van der Waals surface area contributed by atoms with Crippen molar-refractivity contribution in [2.24, 2.45) is 0 Å². The number of nitrogens with zero attached hydrogens (tertiary/aromatic N) is 1. The number of rotatable bonds is 4. The summed E-state index contributed by atoms with van der Waals surface area (Å²) in [7, 11) is 0. The van der Waals surface area contributed by atoms with Crippen LogP contribution in [-0.4, -0.2) is 34.6 Å². The molecule has 1 aromatic heterocycles. The molecule has 0 spiro atoms. The summed E-state index contributed by atoms with van der Waals surface area (Å²) in [5, 5.41) is 11.9. The number of ether oxygens (including phenoxy) is 1. The minimum atomic E-state index is -1.12. The first kappa shape index (κ1) is 17.1. The average Bonchev–Trinajstić information content (AvgIpc) is 2.63. The maximum Gasteiger partial charge on any atom is 0.354 e. The van der Waals surface area contributed by atoms with Gasteiger partial charge in [0, 0.05) is 12.8 Å². The number of hydrogen-bond donors (Lipinski definition) is 2. The Morgan fingerprint density at radius 3 is 2.60 bits per heavy atom. The first-order chi connectivity index (χ1) is 12.0. The molecule has 0 radical (unpaired) electrons. The molecule has 25 heavy (non-hydrogen) atoms. The van der Waals surface area contributed by atoms with Gasteiger partial charge >= 0.3 is 5.97 Å². The second-order valence-corrected chi connectivity index (χ2v) is 6.16. The number of carboxylic acids is 1. The van der Waals surface area contributed by atoms with E-state index >= 15 is 0 Å². The standard InChI is InChI=1S/C19H20N2O4/c1-12-4-6-13(7-5-12)17-15(3-2-10-25-17)21-18(22)14-8-9-16(19(23)24)20-11-14/h4-9,11,15,17H,2-3,10H2,1H3,(H,21,22)(H,23,24)/t15-,17-/m1/s1. The fourth-order valence-corrected chi connectivity index (χ4v) is 2.92. The van der Waals surface area contributed by atoms with Crippen LogP contribution in [-0.2, 0) is 4.74 Å². The number of nitrogens with one attached hydrogen (secondary N) is 1. The van der Waals surface area contributed by atoms with Crippen LogP contribution in [0.4, 0.5) is 0 Å². The Morgan fingerprint density at radius 2 is 1.96 bits per heavy atom. The molecule has 2 aromatic rings. The second-order valence-electron chi connectivity index (χ2n) is 6.16. The number of carbonyl (C=O) groups is 2. The number of benzene rings is 1. The van der Waals surface area contributed by atoms with Crippen molar-refractivity contribution in [3.05, 3.63) is 65.0 Å². The molecule has 6 heteroatoms. The molecule has 1 aliphatic rings. The highest BCUT2D eigenvalue weighted by Gasteiger charge is 2.29. The van der Waals surface area contributed by atoms with Gasteiger partial charge in [-0.05, 0) is 37.5 Å². The number of hydrogen-bond acceptors (Lipinski definition) is 4. The van der Waals surface area contributed by atoms with Crippen molar-refractivity contribution >= 4 is 11.9 Å². The fourth-order valence-electron chi connectivity index (χ4n) is 2.92. The maximum atomic E-state index is 12.5. The van der Waals surface area contributed by atoms with Crippen LogP contribution in [0.3, 0.4) is 0 Å². The Morgan fingerprint density at radius 1 is 1.20 bits per heavy atom. The molecule has 1 aliphatic heterocycles. The van der Waals surface area contributed by atoms with Crippen molar-refractivity contribution in [1.82, 2.24) is 10.3 Å². The number of carbonyl (C=O) groups excluding carboxylic acids is 1. The van der Waals surface area contributed by atoms with Crippen LogP contribution in [0.2, 0.25) is 0 Å². The first-order valence-electron chi connectivity index (χ1n) is 8.23. The van der Waals surface area contributed by atoms with Crippen molar-refractivity contribution in [2.75, 3.05) is 6.61 Å². The Kier molecular flexibility index (Phi) is 5.09. The Bertz CT molecular complexity index is 756. The van der Waals surface area contributed by atoms with Gasteiger partial charge < -0.3 is 15.2 Å². The SMILES string of the molecule is Cc1ccc([C@H]2OCCC[C@H]2NC(=O)c2ccc(C(=O)O)nc2)cc1. The predicted molar refractivity (Wildman–Crippen MR) is 91.6 cm³/mol. The summed E-state index contributed by atoms with van der Waals surface area (Å²) < 4.78 is 5.90. The summed E-state index contributed by atoms with van der Waals surface area (Å²) in [5.74, 6) is -1.40. The van der Waals surface area contributed by atoms with Crippen LogP contribution in [0.1, 0.15) is 50.9 Å². The average molecular weight is 340 g/mol. The number of aromatic nitrogens is 1. The minimum Gasteiger partial charge on any atom is -0.477 e. The normalized spacial score (nSPS) is 20.0. The van der Waals surface area contributed by atoms with Gasteiger partial charge in [0.1, 0.15) is 11.8 Å². The molecule has 130 valence electrons. The predicted octanol–water partition coefficient (Wildman–Crippen LogP) is 2.74. The van der Waals surface area contributed by atoms with Gasteiger partial charge in [-0.2, -0.15) is 0 Å². The summed E-state index contributed by atoms with van der Waals surface area (Å²) in [6.07, 6.45) is 2.79. The molecule has 2 N–H and O–H groups in total. The van der Waals surface area contributed by atoms with E-state index in [1.165, 1.54) is 23.9 Å². The lowest BCUT2D eigenvalue weighted by molar-refractivity contribution is -0.00946. The van der Waals surface area contributed by atoms with Gasteiger partial charge in [-0.25, -0.2) is 9.78 Å². The largest absolute Gasteiger partial charge is 0.477 e. The summed E-state index contributed by atoms with van der Waals surface area (Å²) in [5.41, 5.74) is 2.45. The van der Waals surface area contributed by atoms with Crippen molar-refractivity contribution < 1.29 is 19.4 Å². The van der Waals surface area contributed by atoms with E-state index in [1.54, 1.807) is 0 Å². The van der Waals surface area contributed by atoms with Gasteiger partial charge in [-0.3, -0.25) is 4.79 Å². The van der Waals surface area contributed by atoms with Crippen LogP contribution in [0.5, 0.6) is 0 Å². The Balaban J connectivity index is 1.73.